The second-order valence-corrected chi connectivity index (χ2v) is 2.12. The molecule has 0 saturated carbocycles. The van der Waals surface area contributed by atoms with Crippen LogP contribution in [-0.4, -0.2) is 19.7 Å². The number of aromatic nitrogens is 4. The summed E-state index contributed by atoms with van der Waals surface area (Å²) in [6, 6.07) is 0. The van der Waals surface area contributed by atoms with E-state index in [1.165, 1.54) is 18.8 Å². The average molecular weight is 172 g/mol. The van der Waals surface area contributed by atoms with E-state index in [1.54, 1.807) is 0 Å². The molecular formula is C4H4N4O2S. The second kappa shape index (κ2) is 4.34. The van der Waals surface area contributed by atoms with Gasteiger partial charge in [0, 0.05) is 16.8 Å². The Morgan fingerprint density at radius 1 is 1.64 bits per heavy atom. The standard InChI is InChI=1S/C2H2N2OS.C2H2N2O/c5-2-3-1-4-6-2;1-2-5-4-3-1/h1H,(H,3,4,5);1-2H. The molecule has 6 nitrogen and oxygen atoms in total. The molecule has 0 amide bonds. The molecule has 0 aromatic carbocycles. The first kappa shape index (κ1) is 7.61. The highest BCUT2D eigenvalue weighted by atomic mass is 32.1. The van der Waals surface area contributed by atoms with Gasteiger partial charge in [-0.05, 0) is 0 Å². The van der Waals surface area contributed by atoms with Crippen molar-refractivity contribution in [3.05, 3.63) is 28.5 Å². The van der Waals surface area contributed by atoms with Crippen molar-refractivity contribution in [1.29, 1.82) is 0 Å². The zero-order chi connectivity index (χ0) is 7.94. The Morgan fingerprint density at radius 2 is 2.55 bits per heavy atom. The Hall–Kier alpha value is -1.50. The van der Waals surface area contributed by atoms with E-state index in [0.717, 1.165) is 11.5 Å². The zero-order valence-electron chi connectivity index (χ0n) is 5.30. The monoisotopic (exact) mass is 172 g/mol. The van der Waals surface area contributed by atoms with Gasteiger partial charge in [0.2, 0.25) is 0 Å². The average Bonchev–Trinajstić information content (AvgIpc) is 2.57. The lowest BCUT2D eigenvalue weighted by Gasteiger charge is -1.45. The number of aromatic amines is 1. The second-order valence-electron chi connectivity index (χ2n) is 1.33. The summed E-state index contributed by atoms with van der Waals surface area (Å²) in [6.45, 7) is 0. The molecule has 2 rings (SSSR count). The molecule has 0 spiro atoms. The van der Waals surface area contributed by atoms with Crippen molar-refractivity contribution < 1.29 is 4.52 Å². The summed E-state index contributed by atoms with van der Waals surface area (Å²) in [4.78, 5) is 13.1. The summed E-state index contributed by atoms with van der Waals surface area (Å²) in [5, 5.41) is 6.40. The third kappa shape index (κ3) is 3.26. The van der Waals surface area contributed by atoms with Crippen molar-refractivity contribution in [2.45, 2.75) is 0 Å². The molecule has 0 bridgehead atoms. The summed E-state index contributed by atoms with van der Waals surface area (Å²) in [5.41, 5.74) is 0. The first-order valence-electron chi connectivity index (χ1n) is 2.59. The fourth-order valence-corrected chi connectivity index (χ4v) is 0.630. The fourth-order valence-electron chi connectivity index (χ4n) is 0.318. The van der Waals surface area contributed by atoms with Gasteiger partial charge in [0.1, 0.15) is 12.6 Å². The molecule has 2 heterocycles. The van der Waals surface area contributed by atoms with Crippen LogP contribution in [0.4, 0.5) is 0 Å². The van der Waals surface area contributed by atoms with Gasteiger partial charge in [0.15, 0.2) is 0 Å². The van der Waals surface area contributed by atoms with Crippen LogP contribution < -0.4 is 4.87 Å². The van der Waals surface area contributed by atoms with E-state index in [1.807, 2.05) is 0 Å². The Bertz CT molecular complexity index is 279. The Balaban J connectivity index is 0.000000112. The van der Waals surface area contributed by atoms with E-state index in [-0.39, 0.29) is 4.87 Å². The Labute approximate surface area is 65.0 Å². The van der Waals surface area contributed by atoms with Crippen LogP contribution in [0.25, 0.3) is 0 Å². The number of nitrogens with one attached hydrogen (secondary N) is 1. The van der Waals surface area contributed by atoms with E-state index in [2.05, 4.69) is 24.3 Å². The van der Waals surface area contributed by atoms with Crippen LogP contribution in [0.1, 0.15) is 0 Å². The van der Waals surface area contributed by atoms with Gasteiger partial charge < -0.3 is 4.52 Å². The Kier molecular flexibility index (Phi) is 3.00. The van der Waals surface area contributed by atoms with E-state index >= 15 is 0 Å². The fraction of sp³-hybridized carbons (Fsp3) is 0. The highest BCUT2D eigenvalue weighted by molar-refractivity contribution is 7.02. The van der Waals surface area contributed by atoms with E-state index in [9.17, 15) is 4.79 Å². The third-order valence-electron chi connectivity index (χ3n) is 0.652. The predicted molar refractivity (Wildman–Crippen MR) is 37.0 cm³/mol. The van der Waals surface area contributed by atoms with Crippen molar-refractivity contribution in [2.75, 3.05) is 0 Å². The molecule has 7 heteroatoms. The van der Waals surface area contributed by atoms with Crippen LogP contribution in [0.3, 0.4) is 0 Å². The van der Waals surface area contributed by atoms with Crippen LogP contribution in [0.5, 0.6) is 0 Å². The van der Waals surface area contributed by atoms with Gasteiger partial charge in [-0.15, -0.1) is 5.10 Å². The summed E-state index contributed by atoms with van der Waals surface area (Å²) in [7, 11) is 0. The van der Waals surface area contributed by atoms with Gasteiger partial charge in [-0.3, -0.25) is 9.17 Å². The minimum absolute atomic E-state index is 0.171. The van der Waals surface area contributed by atoms with E-state index in [0.29, 0.717) is 0 Å². The highest BCUT2D eigenvalue weighted by Gasteiger charge is 1.74. The molecule has 2 aromatic heterocycles. The van der Waals surface area contributed by atoms with Crippen LogP contribution in [0.2, 0.25) is 0 Å². The van der Waals surface area contributed by atoms with Crippen molar-refractivity contribution >= 4 is 11.5 Å². The summed E-state index contributed by atoms with van der Waals surface area (Å²) in [6.07, 6.45) is 4.24. The van der Waals surface area contributed by atoms with Crippen LogP contribution in [0, 0.1) is 0 Å². The lowest BCUT2D eigenvalue weighted by atomic mass is 11.0. The minimum atomic E-state index is -0.171. The van der Waals surface area contributed by atoms with Gasteiger partial charge in [-0.25, -0.2) is 0 Å². The molecule has 0 saturated heterocycles. The van der Waals surface area contributed by atoms with Crippen molar-refractivity contribution in [1.82, 2.24) is 19.7 Å². The number of H-pyrrole nitrogens is 1. The normalized spacial score (nSPS) is 8.36. The SMILES string of the molecule is O=c1nc[nH]s1.c1conn1. The van der Waals surface area contributed by atoms with Gasteiger partial charge >= 0.3 is 4.87 Å². The van der Waals surface area contributed by atoms with Crippen LogP contribution in [0.15, 0.2) is 28.1 Å². The molecule has 0 aliphatic rings. The molecule has 1 N–H and O–H groups in total. The largest absolute Gasteiger partial charge is 0.346 e. The van der Waals surface area contributed by atoms with Gasteiger partial charge in [-0.2, -0.15) is 4.98 Å². The number of hydrogen-bond donors (Lipinski definition) is 1. The van der Waals surface area contributed by atoms with Gasteiger partial charge in [-0.1, -0.05) is 0 Å². The van der Waals surface area contributed by atoms with Crippen molar-refractivity contribution in [3.8, 4) is 0 Å². The van der Waals surface area contributed by atoms with Crippen molar-refractivity contribution in [2.24, 2.45) is 0 Å². The maximum atomic E-state index is 9.95. The number of rotatable bonds is 0. The van der Waals surface area contributed by atoms with Crippen LogP contribution in [-0.2, 0) is 0 Å². The zero-order valence-corrected chi connectivity index (χ0v) is 6.11. The minimum Gasteiger partial charge on any atom is -0.346 e. The first-order valence-corrected chi connectivity index (χ1v) is 3.41. The number of nitrogens with zero attached hydrogens (tertiary/aromatic N) is 3. The predicted octanol–water partition coefficient (Wildman–Crippen LogP) is -0.0990. The lowest BCUT2D eigenvalue weighted by Crippen LogP contribution is -1.88. The van der Waals surface area contributed by atoms with Crippen molar-refractivity contribution in [3.63, 3.8) is 0 Å². The molecule has 11 heavy (non-hydrogen) atoms. The topological polar surface area (TPSA) is 84.7 Å². The maximum absolute atomic E-state index is 9.95. The van der Waals surface area contributed by atoms with Crippen LogP contribution >= 0.6 is 11.5 Å². The summed E-state index contributed by atoms with van der Waals surface area (Å²) >= 11 is 0.986. The summed E-state index contributed by atoms with van der Waals surface area (Å²) < 4.78 is 6.77. The molecule has 0 aliphatic heterocycles. The maximum Gasteiger partial charge on any atom is 0.343 e. The molecule has 0 radical (unpaired) electrons. The quantitative estimate of drug-likeness (QED) is 0.599. The molecule has 0 fully saturated rings. The summed E-state index contributed by atoms with van der Waals surface area (Å²) in [5.74, 6) is 0. The smallest absolute Gasteiger partial charge is 0.343 e. The molecule has 0 atom stereocenters. The number of hydrogen-bond acceptors (Lipinski definition) is 6. The van der Waals surface area contributed by atoms with E-state index in [4.69, 9.17) is 0 Å². The van der Waals surface area contributed by atoms with E-state index < -0.39 is 0 Å². The highest BCUT2D eigenvalue weighted by Crippen LogP contribution is 1.66. The molecule has 2 aromatic rings. The molecule has 58 valence electrons. The molecule has 0 aliphatic carbocycles. The lowest BCUT2D eigenvalue weighted by molar-refractivity contribution is 0.393. The Morgan fingerprint density at radius 3 is 2.73 bits per heavy atom. The third-order valence-corrected chi connectivity index (χ3v) is 1.15. The molecular weight excluding hydrogens is 168 g/mol. The van der Waals surface area contributed by atoms with Gasteiger partial charge in [0.05, 0.1) is 6.20 Å². The first-order chi connectivity index (χ1) is 5.39. The van der Waals surface area contributed by atoms with Gasteiger partial charge in [0.25, 0.3) is 0 Å². The molecule has 0 unspecified atom stereocenters.